The van der Waals surface area contributed by atoms with Gasteiger partial charge in [0.05, 0.1) is 0 Å². The predicted octanol–water partition coefficient (Wildman–Crippen LogP) is 2.59. The molecule has 5 heteroatoms. The molecular weight excluding hydrogens is 264 g/mol. The first kappa shape index (κ1) is 15.7. The van der Waals surface area contributed by atoms with Gasteiger partial charge in [0.15, 0.2) is 11.5 Å². The zero-order valence-corrected chi connectivity index (χ0v) is 13.4. The summed E-state index contributed by atoms with van der Waals surface area (Å²) in [5, 5.41) is 8.31. The second-order valence-electron chi connectivity index (χ2n) is 6.03. The predicted molar refractivity (Wildman–Crippen MR) is 84.5 cm³/mol. The number of aromatic nitrogens is 2. The van der Waals surface area contributed by atoms with E-state index in [-0.39, 0.29) is 5.91 Å². The van der Waals surface area contributed by atoms with Crippen molar-refractivity contribution in [3.63, 3.8) is 0 Å². The Bertz CT molecular complexity index is 452. The Balaban J connectivity index is 1.96. The molecule has 1 fully saturated rings. The lowest BCUT2D eigenvalue weighted by Gasteiger charge is -2.29. The van der Waals surface area contributed by atoms with Crippen molar-refractivity contribution >= 4 is 11.7 Å². The lowest BCUT2D eigenvalue weighted by molar-refractivity contribution is 0.0690. The molecule has 0 aliphatic carbocycles. The third-order valence-electron chi connectivity index (χ3n) is 4.18. The number of anilines is 1. The van der Waals surface area contributed by atoms with Gasteiger partial charge in [0.1, 0.15) is 0 Å². The van der Waals surface area contributed by atoms with Gasteiger partial charge >= 0.3 is 0 Å². The quantitative estimate of drug-likeness (QED) is 0.836. The molecule has 1 aliphatic heterocycles. The Labute approximate surface area is 127 Å². The number of carbonyl (C=O) groups is 1. The molecule has 0 radical (unpaired) electrons. The SMILES string of the molecule is CCCCN(C)c1ccc(C(=O)N2CCC(C)CC2)nn1. The van der Waals surface area contributed by atoms with E-state index in [1.165, 1.54) is 0 Å². The zero-order valence-electron chi connectivity index (χ0n) is 13.4. The van der Waals surface area contributed by atoms with Crippen LogP contribution in [0.15, 0.2) is 12.1 Å². The summed E-state index contributed by atoms with van der Waals surface area (Å²) in [5.41, 5.74) is 0.456. The smallest absolute Gasteiger partial charge is 0.274 e. The number of amides is 1. The first-order valence-electron chi connectivity index (χ1n) is 7.96. The molecule has 116 valence electrons. The molecule has 0 aromatic carbocycles. The van der Waals surface area contributed by atoms with Crippen molar-refractivity contribution in [1.82, 2.24) is 15.1 Å². The van der Waals surface area contributed by atoms with Crippen LogP contribution in [-0.4, -0.2) is 47.7 Å². The summed E-state index contributed by atoms with van der Waals surface area (Å²) in [6.07, 6.45) is 4.45. The fraction of sp³-hybridized carbons (Fsp3) is 0.688. The second kappa shape index (κ2) is 7.38. The van der Waals surface area contributed by atoms with E-state index in [2.05, 4.69) is 28.9 Å². The number of hydrogen-bond acceptors (Lipinski definition) is 4. The molecule has 0 atom stereocenters. The van der Waals surface area contributed by atoms with E-state index >= 15 is 0 Å². The number of nitrogens with zero attached hydrogens (tertiary/aromatic N) is 4. The number of likely N-dealkylation sites (tertiary alicyclic amines) is 1. The maximum Gasteiger partial charge on any atom is 0.274 e. The topological polar surface area (TPSA) is 49.3 Å². The average Bonchev–Trinajstić information content (AvgIpc) is 2.53. The van der Waals surface area contributed by atoms with Gasteiger partial charge in [-0.1, -0.05) is 20.3 Å². The minimum absolute atomic E-state index is 0.0113. The fourth-order valence-corrected chi connectivity index (χ4v) is 2.53. The molecule has 0 spiro atoms. The number of hydrogen-bond donors (Lipinski definition) is 0. The van der Waals surface area contributed by atoms with Gasteiger partial charge in [-0.25, -0.2) is 0 Å². The number of piperidine rings is 1. The number of carbonyl (C=O) groups excluding carboxylic acids is 1. The van der Waals surface area contributed by atoms with E-state index in [9.17, 15) is 4.79 Å². The highest BCUT2D eigenvalue weighted by Gasteiger charge is 2.22. The van der Waals surface area contributed by atoms with Crippen LogP contribution in [0.1, 0.15) is 50.0 Å². The second-order valence-corrected chi connectivity index (χ2v) is 6.03. The Hall–Kier alpha value is -1.65. The first-order chi connectivity index (χ1) is 10.1. The minimum atomic E-state index is 0.0113. The van der Waals surface area contributed by atoms with Gasteiger partial charge in [-0.2, -0.15) is 0 Å². The maximum atomic E-state index is 12.4. The Morgan fingerprint density at radius 1 is 1.33 bits per heavy atom. The van der Waals surface area contributed by atoms with Crippen molar-refractivity contribution in [1.29, 1.82) is 0 Å². The number of unbranched alkanes of at least 4 members (excludes halogenated alkanes) is 1. The molecule has 0 N–H and O–H groups in total. The molecule has 1 aromatic heterocycles. The van der Waals surface area contributed by atoms with E-state index in [1.807, 2.05) is 18.0 Å². The lowest BCUT2D eigenvalue weighted by atomic mass is 9.99. The van der Waals surface area contributed by atoms with Crippen molar-refractivity contribution in [2.24, 2.45) is 5.92 Å². The third-order valence-corrected chi connectivity index (χ3v) is 4.18. The summed E-state index contributed by atoms with van der Waals surface area (Å²) in [5.74, 6) is 1.55. The number of rotatable bonds is 5. The van der Waals surface area contributed by atoms with Gasteiger partial charge in [0, 0.05) is 26.7 Å². The van der Waals surface area contributed by atoms with Crippen LogP contribution in [-0.2, 0) is 0 Å². The van der Waals surface area contributed by atoms with Crippen molar-refractivity contribution in [3.8, 4) is 0 Å². The third kappa shape index (κ3) is 4.16. The molecule has 1 amide bonds. The van der Waals surface area contributed by atoms with Crippen molar-refractivity contribution < 1.29 is 4.79 Å². The highest BCUT2D eigenvalue weighted by molar-refractivity contribution is 5.92. The minimum Gasteiger partial charge on any atom is -0.358 e. The van der Waals surface area contributed by atoms with Crippen LogP contribution in [0.25, 0.3) is 0 Å². The van der Waals surface area contributed by atoms with Crippen LogP contribution in [0.5, 0.6) is 0 Å². The van der Waals surface area contributed by atoms with Crippen molar-refractivity contribution in [2.45, 2.75) is 39.5 Å². The first-order valence-corrected chi connectivity index (χ1v) is 7.96. The Morgan fingerprint density at radius 3 is 2.62 bits per heavy atom. The van der Waals surface area contributed by atoms with Crippen LogP contribution >= 0.6 is 0 Å². The molecule has 0 bridgehead atoms. The summed E-state index contributed by atoms with van der Waals surface area (Å²) in [6, 6.07) is 3.69. The molecule has 2 heterocycles. The van der Waals surface area contributed by atoms with E-state index in [4.69, 9.17) is 0 Å². The van der Waals surface area contributed by atoms with Crippen molar-refractivity contribution in [3.05, 3.63) is 17.8 Å². The molecule has 0 saturated carbocycles. The summed E-state index contributed by atoms with van der Waals surface area (Å²) in [7, 11) is 2.01. The standard InChI is InChI=1S/C16H26N4O/c1-4-5-10-19(3)15-7-6-14(17-18-15)16(21)20-11-8-13(2)9-12-20/h6-7,13H,4-5,8-12H2,1-3H3. The summed E-state index contributed by atoms with van der Waals surface area (Å²) >= 11 is 0. The van der Waals surface area contributed by atoms with E-state index in [1.54, 1.807) is 6.07 Å². The molecule has 1 aliphatic rings. The van der Waals surface area contributed by atoms with Crippen LogP contribution in [0.2, 0.25) is 0 Å². The van der Waals surface area contributed by atoms with E-state index in [0.29, 0.717) is 5.69 Å². The van der Waals surface area contributed by atoms with Crippen LogP contribution < -0.4 is 4.90 Å². The summed E-state index contributed by atoms with van der Waals surface area (Å²) < 4.78 is 0. The Morgan fingerprint density at radius 2 is 2.05 bits per heavy atom. The highest BCUT2D eigenvalue weighted by Crippen LogP contribution is 2.18. The summed E-state index contributed by atoms with van der Waals surface area (Å²) in [4.78, 5) is 16.3. The maximum absolute atomic E-state index is 12.4. The molecule has 1 aromatic rings. The van der Waals surface area contributed by atoms with Gasteiger partial charge in [0.2, 0.25) is 0 Å². The fourth-order valence-electron chi connectivity index (χ4n) is 2.53. The Kier molecular flexibility index (Phi) is 5.53. The van der Waals surface area contributed by atoms with Crippen LogP contribution in [0.4, 0.5) is 5.82 Å². The van der Waals surface area contributed by atoms with Crippen molar-refractivity contribution in [2.75, 3.05) is 31.6 Å². The molecule has 5 nitrogen and oxygen atoms in total. The van der Waals surface area contributed by atoms with Gasteiger partial charge < -0.3 is 9.80 Å². The van der Waals surface area contributed by atoms with Gasteiger partial charge in [0.25, 0.3) is 5.91 Å². The molecule has 0 unspecified atom stereocenters. The molecular formula is C16H26N4O. The van der Waals surface area contributed by atoms with Crippen LogP contribution in [0.3, 0.4) is 0 Å². The largest absolute Gasteiger partial charge is 0.358 e. The molecule has 1 saturated heterocycles. The van der Waals surface area contributed by atoms with Gasteiger partial charge in [-0.15, -0.1) is 10.2 Å². The van der Waals surface area contributed by atoms with E-state index < -0.39 is 0 Å². The van der Waals surface area contributed by atoms with Gasteiger partial charge in [-0.3, -0.25) is 4.79 Å². The van der Waals surface area contributed by atoms with E-state index in [0.717, 1.165) is 57.1 Å². The normalized spacial score (nSPS) is 16.0. The highest BCUT2D eigenvalue weighted by atomic mass is 16.2. The monoisotopic (exact) mass is 290 g/mol. The molecule has 2 rings (SSSR count). The van der Waals surface area contributed by atoms with Gasteiger partial charge in [-0.05, 0) is 37.3 Å². The summed E-state index contributed by atoms with van der Waals surface area (Å²) in [6.45, 7) is 7.03. The average molecular weight is 290 g/mol. The molecule has 21 heavy (non-hydrogen) atoms. The lowest BCUT2D eigenvalue weighted by Crippen LogP contribution is -2.38. The zero-order chi connectivity index (χ0) is 15.2. The van der Waals surface area contributed by atoms with Crippen LogP contribution in [0, 0.1) is 5.92 Å².